The summed E-state index contributed by atoms with van der Waals surface area (Å²) in [6, 6.07) is -0.997. The molecule has 2 N–H and O–H groups in total. The van der Waals surface area contributed by atoms with Crippen LogP contribution in [-0.4, -0.2) is 58.4 Å². The molecule has 114 valence electrons. The first-order valence-electron chi connectivity index (χ1n) is 7.03. The molecule has 7 heteroatoms. The second-order valence-corrected chi connectivity index (χ2v) is 6.62. The minimum absolute atomic E-state index is 0.0158. The van der Waals surface area contributed by atoms with Crippen LogP contribution in [0.2, 0.25) is 0 Å². The lowest BCUT2D eigenvalue weighted by Gasteiger charge is -2.27. The minimum Gasteiger partial charge on any atom is -0.480 e. The zero-order valence-electron chi connectivity index (χ0n) is 11.9. The van der Waals surface area contributed by atoms with Gasteiger partial charge in [0.2, 0.25) is 0 Å². The fourth-order valence-electron chi connectivity index (χ4n) is 2.26. The predicted octanol–water partition coefficient (Wildman–Crippen LogP) is 1.36. The number of carbonyl (C=O) groups is 2. The molecule has 6 nitrogen and oxygen atoms in total. The maximum atomic E-state index is 12.2. The number of urea groups is 1. The first-order chi connectivity index (χ1) is 9.50. The Morgan fingerprint density at radius 3 is 2.70 bits per heavy atom. The molecule has 2 aliphatic rings. The molecule has 2 unspecified atom stereocenters. The number of ether oxygens (including phenoxy) is 1. The number of carbonyl (C=O) groups excluding carboxylic acids is 1. The highest BCUT2D eigenvalue weighted by atomic mass is 32.2. The Kier molecular flexibility index (Phi) is 5.15. The van der Waals surface area contributed by atoms with E-state index < -0.39 is 12.0 Å². The standard InChI is InChI=1S/C13H22N2O4S/c1-8(2)19-6-5-14-13(18)15-10(12(16)17)7-20-11(15)9-3-4-9/h8-11H,3-7H2,1-2H3,(H,14,18)(H,16,17). The zero-order valence-corrected chi connectivity index (χ0v) is 12.7. The van der Waals surface area contributed by atoms with Crippen LogP contribution in [0.5, 0.6) is 0 Å². The maximum Gasteiger partial charge on any atom is 0.327 e. The molecule has 0 spiro atoms. The molecule has 0 aromatic rings. The lowest BCUT2D eigenvalue weighted by molar-refractivity contribution is -0.141. The van der Waals surface area contributed by atoms with Crippen LogP contribution in [0, 0.1) is 5.92 Å². The summed E-state index contributed by atoms with van der Waals surface area (Å²) in [5.41, 5.74) is 0. The van der Waals surface area contributed by atoms with Crippen LogP contribution in [0.15, 0.2) is 0 Å². The number of hydrogen-bond donors (Lipinski definition) is 2. The highest BCUT2D eigenvalue weighted by Gasteiger charge is 2.47. The SMILES string of the molecule is CC(C)OCCNC(=O)N1C(C(=O)O)CSC1C1CC1. The molecule has 0 aromatic heterocycles. The Labute approximate surface area is 123 Å². The van der Waals surface area contributed by atoms with Crippen molar-refractivity contribution in [2.75, 3.05) is 18.9 Å². The second kappa shape index (κ2) is 6.67. The fraction of sp³-hybridized carbons (Fsp3) is 0.846. The van der Waals surface area contributed by atoms with Crippen LogP contribution in [0.4, 0.5) is 4.79 Å². The number of rotatable bonds is 6. The van der Waals surface area contributed by atoms with Gasteiger partial charge in [-0.1, -0.05) is 0 Å². The molecule has 1 saturated carbocycles. The zero-order chi connectivity index (χ0) is 14.7. The number of thioether (sulfide) groups is 1. The summed E-state index contributed by atoms with van der Waals surface area (Å²) < 4.78 is 5.36. The van der Waals surface area contributed by atoms with Crippen molar-refractivity contribution in [1.29, 1.82) is 0 Å². The van der Waals surface area contributed by atoms with E-state index in [-0.39, 0.29) is 17.5 Å². The van der Waals surface area contributed by atoms with Crippen LogP contribution in [0.25, 0.3) is 0 Å². The monoisotopic (exact) mass is 302 g/mol. The average molecular weight is 302 g/mol. The van der Waals surface area contributed by atoms with E-state index in [1.54, 1.807) is 11.8 Å². The maximum absolute atomic E-state index is 12.2. The van der Waals surface area contributed by atoms with Crippen LogP contribution in [0.3, 0.4) is 0 Å². The van der Waals surface area contributed by atoms with E-state index in [0.29, 0.717) is 24.8 Å². The van der Waals surface area contributed by atoms with Crippen molar-refractivity contribution in [3.8, 4) is 0 Å². The van der Waals surface area contributed by atoms with E-state index in [4.69, 9.17) is 4.74 Å². The Hall–Kier alpha value is -0.950. The van der Waals surface area contributed by atoms with Gasteiger partial charge in [-0.25, -0.2) is 9.59 Å². The van der Waals surface area contributed by atoms with Gasteiger partial charge in [-0.05, 0) is 32.6 Å². The summed E-state index contributed by atoms with van der Waals surface area (Å²) in [4.78, 5) is 25.0. The van der Waals surface area contributed by atoms with E-state index in [1.807, 2.05) is 13.8 Å². The van der Waals surface area contributed by atoms with Crippen molar-refractivity contribution >= 4 is 23.8 Å². The molecule has 1 aliphatic heterocycles. The van der Waals surface area contributed by atoms with Crippen LogP contribution >= 0.6 is 11.8 Å². The van der Waals surface area contributed by atoms with E-state index in [1.165, 1.54) is 4.90 Å². The van der Waals surface area contributed by atoms with Gasteiger partial charge in [0, 0.05) is 12.3 Å². The Morgan fingerprint density at radius 2 is 2.15 bits per heavy atom. The Morgan fingerprint density at radius 1 is 1.45 bits per heavy atom. The van der Waals surface area contributed by atoms with Gasteiger partial charge in [0.1, 0.15) is 6.04 Å². The van der Waals surface area contributed by atoms with Crippen molar-refractivity contribution in [2.24, 2.45) is 5.92 Å². The molecule has 1 heterocycles. The Balaban J connectivity index is 1.88. The van der Waals surface area contributed by atoms with Crippen LogP contribution in [0.1, 0.15) is 26.7 Å². The van der Waals surface area contributed by atoms with E-state index in [2.05, 4.69) is 5.32 Å². The molecule has 1 saturated heterocycles. The molecule has 2 atom stereocenters. The van der Waals surface area contributed by atoms with E-state index in [9.17, 15) is 14.7 Å². The number of carboxylic acid groups (broad SMARTS) is 1. The number of hydrogen-bond acceptors (Lipinski definition) is 4. The number of carboxylic acids is 1. The summed E-state index contributed by atoms with van der Waals surface area (Å²) in [5, 5.41) is 12.0. The van der Waals surface area contributed by atoms with Crippen molar-refractivity contribution in [3.05, 3.63) is 0 Å². The summed E-state index contributed by atoms with van der Waals surface area (Å²) in [6.07, 6.45) is 2.30. The number of aliphatic carboxylic acids is 1. The summed E-state index contributed by atoms with van der Waals surface area (Å²) in [6.45, 7) is 4.71. The third kappa shape index (κ3) is 3.79. The van der Waals surface area contributed by atoms with Gasteiger partial charge >= 0.3 is 12.0 Å². The summed E-state index contributed by atoms with van der Waals surface area (Å²) >= 11 is 1.58. The molecule has 2 amide bonds. The van der Waals surface area contributed by atoms with Gasteiger partial charge in [-0.2, -0.15) is 0 Å². The predicted molar refractivity (Wildman–Crippen MR) is 76.7 cm³/mol. The molecular formula is C13H22N2O4S. The second-order valence-electron chi connectivity index (χ2n) is 5.47. The number of amides is 2. The molecule has 1 aliphatic carbocycles. The summed E-state index contributed by atoms with van der Waals surface area (Å²) in [7, 11) is 0. The molecule has 2 fully saturated rings. The lowest BCUT2D eigenvalue weighted by atomic mass is 10.2. The minimum atomic E-state index is -0.922. The normalized spacial score (nSPS) is 26.1. The number of nitrogens with zero attached hydrogens (tertiary/aromatic N) is 1. The quantitative estimate of drug-likeness (QED) is 0.724. The van der Waals surface area contributed by atoms with Crippen molar-refractivity contribution in [1.82, 2.24) is 10.2 Å². The molecule has 0 aromatic carbocycles. The number of nitrogens with one attached hydrogen (secondary N) is 1. The van der Waals surface area contributed by atoms with E-state index >= 15 is 0 Å². The third-order valence-corrected chi connectivity index (χ3v) is 4.87. The molecule has 20 heavy (non-hydrogen) atoms. The smallest absolute Gasteiger partial charge is 0.327 e. The van der Waals surface area contributed by atoms with Gasteiger partial charge in [0.15, 0.2) is 0 Å². The van der Waals surface area contributed by atoms with Crippen LogP contribution < -0.4 is 5.32 Å². The molecule has 2 rings (SSSR count). The van der Waals surface area contributed by atoms with Crippen LogP contribution in [-0.2, 0) is 9.53 Å². The highest BCUT2D eigenvalue weighted by molar-refractivity contribution is 8.00. The Bertz CT molecular complexity index is 373. The molecule has 0 bridgehead atoms. The molecular weight excluding hydrogens is 280 g/mol. The highest BCUT2D eigenvalue weighted by Crippen LogP contribution is 2.45. The van der Waals surface area contributed by atoms with Gasteiger partial charge in [-0.15, -0.1) is 11.8 Å². The van der Waals surface area contributed by atoms with Gasteiger partial charge in [-0.3, -0.25) is 4.90 Å². The average Bonchev–Trinajstić information content (AvgIpc) is 3.12. The van der Waals surface area contributed by atoms with E-state index in [0.717, 1.165) is 12.8 Å². The topological polar surface area (TPSA) is 78.9 Å². The largest absolute Gasteiger partial charge is 0.480 e. The third-order valence-electron chi connectivity index (χ3n) is 3.41. The van der Waals surface area contributed by atoms with Crippen molar-refractivity contribution in [3.63, 3.8) is 0 Å². The first-order valence-corrected chi connectivity index (χ1v) is 8.07. The lowest BCUT2D eigenvalue weighted by Crippen LogP contribution is -2.51. The van der Waals surface area contributed by atoms with Gasteiger partial charge < -0.3 is 15.2 Å². The summed E-state index contributed by atoms with van der Waals surface area (Å²) in [5.74, 6) is 0.0168. The van der Waals surface area contributed by atoms with Crippen molar-refractivity contribution in [2.45, 2.75) is 44.2 Å². The first kappa shape index (κ1) is 15.4. The fourth-order valence-corrected chi connectivity index (χ4v) is 3.89. The van der Waals surface area contributed by atoms with Gasteiger partial charge in [0.05, 0.1) is 18.1 Å². The molecule has 0 radical (unpaired) electrons. The van der Waals surface area contributed by atoms with Gasteiger partial charge in [0.25, 0.3) is 0 Å². The van der Waals surface area contributed by atoms with Crippen molar-refractivity contribution < 1.29 is 19.4 Å².